The molecule has 31 heavy (non-hydrogen) atoms. The second kappa shape index (κ2) is 11.0. The van der Waals surface area contributed by atoms with Gasteiger partial charge in [-0.3, -0.25) is 14.4 Å². The lowest BCUT2D eigenvalue weighted by atomic mass is 10.1. The van der Waals surface area contributed by atoms with Crippen molar-refractivity contribution in [2.45, 2.75) is 13.0 Å². The number of rotatable bonds is 9. The van der Waals surface area contributed by atoms with Crippen LogP contribution in [0.4, 0.5) is 4.39 Å². The molecule has 1 heterocycles. The topological polar surface area (TPSA) is 87.3 Å². The highest BCUT2D eigenvalue weighted by molar-refractivity contribution is 7.12. The molecular formula is C23H22FN3O3S. The summed E-state index contributed by atoms with van der Waals surface area (Å²) in [6, 6.07) is 16.3. The highest BCUT2D eigenvalue weighted by Gasteiger charge is 2.08. The summed E-state index contributed by atoms with van der Waals surface area (Å²) >= 11 is 1.38. The van der Waals surface area contributed by atoms with Crippen LogP contribution >= 0.6 is 11.3 Å². The van der Waals surface area contributed by atoms with Crippen molar-refractivity contribution in [2.24, 2.45) is 0 Å². The number of nitrogens with one attached hydrogen (secondary N) is 3. The Labute approximate surface area is 183 Å². The molecule has 0 unspecified atom stereocenters. The van der Waals surface area contributed by atoms with Crippen LogP contribution in [0.1, 0.15) is 31.2 Å². The zero-order valence-corrected chi connectivity index (χ0v) is 17.5. The molecule has 0 fully saturated rings. The van der Waals surface area contributed by atoms with Gasteiger partial charge in [-0.1, -0.05) is 30.3 Å². The fourth-order valence-corrected chi connectivity index (χ4v) is 3.42. The average molecular weight is 440 g/mol. The summed E-state index contributed by atoms with van der Waals surface area (Å²) in [5.41, 5.74) is 2.09. The van der Waals surface area contributed by atoms with Crippen LogP contribution in [0.3, 0.4) is 0 Å². The molecule has 160 valence electrons. The Morgan fingerprint density at radius 2 is 1.45 bits per heavy atom. The molecule has 8 heteroatoms. The van der Waals surface area contributed by atoms with Crippen molar-refractivity contribution in [2.75, 3.05) is 13.1 Å². The van der Waals surface area contributed by atoms with Crippen LogP contribution in [0.2, 0.25) is 0 Å². The molecule has 0 aliphatic carbocycles. The van der Waals surface area contributed by atoms with Gasteiger partial charge in [-0.2, -0.15) is 0 Å². The van der Waals surface area contributed by atoms with E-state index in [0.29, 0.717) is 23.5 Å². The number of amides is 3. The summed E-state index contributed by atoms with van der Waals surface area (Å²) in [6.45, 7) is 0.948. The van der Waals surface area contributed by atoms with Gasteiger partial charge in [0.25, 0.3) is 11.8 Å². The zero-order valence-electron chi connectivity index (χ0n) is 16.7. The average Bonchev–Trinajstić information content (AvgIpc) is 3.32. The Morgan fingerprint density at radius 1 is 0.774 bits per heavy atom. The molecule has 3 rings (SSSR count). The lowest BCUT2D eigenvalue weighted by molar-refractivity contribution is -0.120. The molecule has 0 atom stereocenters. The fourth-order valence-electron chi connectivity index (χ4n) is 2.78. The minimum atomic E-state index is -0.344. The van der Waals surface area contributed by atoms with Gasteiger partial charge < -0.3 is 16.0 Å². The first-order valence-corrected chi connectivity index (χ1v) is 10.6. The van der Waals surface area contributed by atoms with Gasteiger partial charge in [-0.05, 0) is 46.8 Å². The van der Waals surface area contributed by atoms with Gasteiger partial charge in [0.2, 0.25) is 5.91 Å². The Balaban J connectivity index is 1.35. The molecule has 0 saturated carbocycles. The van der Waals surface area contributed by atoms with E-state index in [1.165, 1.54) is 23.5 Å². The summed E-state index contributed by atoms with van der Waals surface area (Å²) in [7, 11) is 0. The Bertz CT molecular complexity index is 1020. The minimum Gasteiger partial charge on any atom is -0.354 e. The maximum Gasteiger partial charge on any atom is 0.261 e. The van der Waals surface area contributed by atoms with Crippen LogP contribution in [-0.4, -0.2) is 30.8 Å². The molecule has 3 aromatic rings. The van der Waals surface area contributed by atoms with E-state index in [4.69, 9.17) is 0 Å². The van der Waals surface area contributed by atoms with Crippen molar-refractivity contribution in [3.8, 4) is 0 Å². The maximum absolute atomic E-state index is 12.9. The monoisotopic (exact) mass is 439 g/mol. The van der Waals surface area contributed by atoms with Crippen molar-refractivity contribution in [3.63, 3.8) is 0 Å². The third kappa shape index (κ3) is 7.04. The molecule has 0 aliphatic rings. The van der Waals surface area contributed by atoms with Crippen molar-refractivity contribution < 1.29 is 18.8 Å². The number of hydrogen-bond donors (Lipinski definition) is 3. The third-order valence-corrected chi connectivity index (χ3v) is 5.29. The number of halogens is 1. The molecule has 6 nitrogen and oxygen atoms in total. The standard InChI is InChI=1S/C23H22FN3O3S/c24-19-9-5-16(6-10-19)14-21(28)25-11-12-26-22(29)18-7-3-17(4-8-18)15-27-23(30)20-2-1-13-31-20/h1-10,13H,11-12,14-15H2,(H,25,28)(H,26,29)(H,27,30). The van der Waals surface area contributed by atoms with Gasteiger partial charge in [0.15, 0.2) is 0 Å². The highest BCUT2D eigenvalue weighted by Crippen LogP contribution is 2.09. The number of benzene rings is 2. The number of carbonyl (C=O) groups excluding carboxylic acids is 3. The largest absolute Gasteiger partial charge is 0.354 e. The van der Waals surface area contributed by atoms with E-state index >= 15 is 0 Å². The smallest absolute Gasteiger partial charge is 0.261 e. The first-order valence-electron chi connectivity index (χ1n) is 9.71. The number of carbonyl (C=O) groups is 3. The first-order chi connectivity index (χ1) is 15.0. The quantitative estimate of drug-likeness (QED) is 0.448. The molecule has 2 aromatic carbocycles. The van der Waals surface area contributed by atoms with Crippen molar-refractivity contribution in [1.82, 2.24) is 16.0 Å². The minimum absolute atomic E-state index is 0.127. The predicted molar refractivity (Wildman–Crippen MR) is 117 cm³/mol. The molecule has 0 saturated heterocycles. The van der Waals surface area contributed by atoms with E-state index in [-0.39, 0.29) is 36.5 Å². The van der Waals surface area contributed by atoms with Gasteiger partial charge in [-0.25, -0.2) is 4.39 Å². The molecule has 0 radical (unpaired) electrons. The Kier molecular flexibility index (Phi) is 7.89. The van der Waals surface area contributed by atoms with Crippen LogP contribution in [0.5, 0.6) is 0 Å². The molecule has 3 amide bonds. The Hall–Kier alpha value is -3.52. The Morgan fingerprint density at radius 3 is 2.13 bits per heavy atom. The second-order valence-electron chi connectivity index (χ2n) is 6.77. The maximum atomic E-state index is 12.9. The fraction of sp³-hybridized carbons (Fsp3) is 0.174. The summed E-state index contributed by atoms with van der Waals surface area (Å²) in [6.07, 6.45) is 0.151. The highest BCUT2D eigenvalue weighted by atomic mass is 32.1. The number of thiophene rings is 1. The van der Waals surface area contributed by atoms with E-state index in [1.807, 2.05) is 11.4 Å². The van der Waals surface area contributed by atoms with Gasteiger partial charge >= 0.3 is 0 Å². The van der Waals surface area contributed by atoms with Gasteiger partial charge in [0.05, 0.1) is 11.3 Å². The lowest BCUT2D eigenvalue weighted by Gasteiger charge is -2.08. The van der Waals surface area contributed by atoms with Crippen LogP contribution < -0.4 is 16.0 Å². The molecule has 0 spiro atoms. The number of hydrogen-bond acceptors (Lipinski definition) is 4. The van der Waals surface area contributed by atoms with Crippen LogP contribution in [-0.2, 0) is 17.8 Å². The van der Waals surface area contributed by atoms with Gasteiger partial charge in [0.1, 0.15) is 5.82 Å². The summed E-state index contributed by atoms with van der Waals surface area (Å²) in [5, 5.41) is 10.1. The van der Waals surface area contributed by atoms with Crippen molar-refractivity contribution >= 4 is 29.1 Å². The summed E-state index contributed by atoms with van der Waals surface area (Å²) in [4.78, 5) is 36.7. The molecular weight excluding hydrogens is 417 g/mol. The van der Waals surface area contributed by atoms with Gasteiger partial charge in [-0.15, -0.1) is 11.3 Å². The van der Waals surface area contributed by atoms with E-state index in [9.17, 15) is 18.8 Å². The van der Waals surface area contributed by atoms with E-state index in [1.54, 1.807) is 42.5 Å². The van der Waals surface area contributed by atoms with Crippen LogP contribution in [0.15, 0.2) is 66.0 Å². The lowest BCUT2D eigenvalue weighted by Crippen LogP contribution is -2.35. The van der Waals surface area contributed by atoms with Crippen LogP contribution in [0, 0.1) is 5.82 Å². The first kappa shape index (κ1) is 22.2. The van der Waals surface area contributed by atoms with Crippen molar-refractivity contribution in [3.05, 3.63) is 93.4 Å². The van der Waals surface area contributed by atoms with E-state index < -0.39 is 0 Å². The van der Waals surface area contributed by atoms with E-state index in [0.717, 1.165) is 11.1 Å². The van der Waals surface area contributed by atoms with Crippen LogP contribution in [0.25, 0.3) is 0 Å². The predicted octanol–water partition coefficient (Wildman–Crippen LogP) is 2.91. The molecule has 1 aromatic heterocycles. The van der Waals surface area contributed by atoms with Gasteiger partial charge in [0, 0.05) is 25.2 Å². The molecule has 0 bridgehead atoms. The molecule has 0 aliphatic heterocycles. The summed E-state index contributed by atoms with van der Waals surface area (Å²) < 4.78 is 12.9. The SMILES string of the molecule is O=C(Cc1ccc(F)cc1)NCCNC(=O)c1ccc(CNC(=O)c2cccs2)cc1. The van der Waals surface area contributed by atoms with E-state index in [2.05, 4.69) is 16.0 Å². The molecule has 3 N–H and O–H groups in total. The van der Waals surface area contributed by atoms with Crippen molar-refractivity contribution in [1.29, 1.82) is 0 Å². The third-order valence-electron chi connectivity index (χ3n) is 4.42. The summed E-state index contributed by atoms with van der Waals surface area (Å²) in [5.74, 6) is -0.918. The normalized spacial score (nSPS) is 10.4. The zero-order chi connectivity index (χ0) is 22.1. The second-order valence-corrected chi connectivity index (χ2v) is 7.71.